The van der Waals surface area contributed by atoms with Crippen molar-refractivity contribution in [1.82, 2.24) is 9.97 Å². The number of nitrogens with zero attached hydrogens (tertiary/aromatic N) is 2. The summed E-state index contributed by atoms with van der Waals surface area (Å²) in [6.45, 7) is 4.97. The fourth-order valence-corrected chi connectivity index (χ4v) is 3.65. The number of ether oxygens (including phenoxy) is 1. The highest BCUT2D eigenvalue weighted by Crippen LogP contribution is 2.26. The minimum atomic E-state index is 0.0561. The first-order valence-electron chi connectivity index (χ1n) is 8.34. The Morgan fingerprint density at radius 1 is 1.33 bits per heavy atom. The molecule has 0 radical (unpaired) electrons. The van der Waals surface area contributed by atoms with Crippen molar-refractivity contribution in [3.05, 3.63) is 33.6 Å². The van der Waals surface area contributed by atoms with E-state index in [1.165, 1.54) is 10.4 Å². The molecule has 0 unspecified atom stereocenters. The molecule has 0 saturated carbocycles. The lowest BCUT2D eigenvalue weighted by Gasteiger charge is -2.13. The zero-order valence-corrected chi connectivity index (χ0v) is 14.7. The third-order valence-electron chi connectivity index (χ3n) is 4.12. The summed E-state index contributed by atoms with van der Waals surface area (Å²) in [6, 6.07) is 4.17. The third-order valence-corrected chi connectivity index (χ3v) is 5.20. The number of rotatable bonds is 8. The maximum absolute atomic E-state index is 9.00. The summed E-state index contributed by atoms with van der Waals surface area (Å²) in [7, 11) is 0. The molecule has 2 aromatic heterocycles. The molecule has 0 aliphatic carbocycles. The van der Waals surface area contributed by atoms with Gasteiger partial charge in [0.2, 0.25) is 5.95 Å². The summed E-state index contributed by atoms with van der Waals surface area (Å²) in [6.07, 6.45) is 1.97. The second kappa shape index (κ2) is 8.41. The van der Waals surface area contributed by atoms with Crippen LogP contribution in [0.5, 0.6) is 0 Å². The molecule has 0 bridgehead atoms. The monoisotopic (exact) mass is 348 g/mol. The molecule has 2 aromatic rings. The molecule has 1 saturated heterocycles. The van der Waals surface area contributed by atoms with Gasteiger partial charge in [-0.05, 0) is 36.8 Å². The van der Waals surface area contributed by atoms with Gasteiger partial charge in [-0.2, -0.15) is 4.98 Å². The van der Waals surface area contributed by atoms with Crippen LogP contribution in [-0.2, 0) is 11.2 Å². The van der Waals surface area contributed by atoms with Crippen molar-refractivity contribution in [2.75, 3.05) is 43.5 Å². The van der Waals surface area contributed by atoms with Crippen LogP contribution in [-0.4, -0.2) is 48.0 Å². The van der Waals surface area contributed by atoms with Crippen LogP contribution >= 0.6 is 11.3 Å². The molecule has 0 aromatic carbocycles. The first kappa shape index (κ1) is 17.1. The lowest BCUT2D eigenvalue weighted by Crippen LogP contribution is -2.14. The van der Waals surface area contributed by atoms with Crippen molar-refractivity contribution < 1.29 is 9.84 Å². The Hall–Kier alpha value is -1.70. The first-order valence-corrected chi connectivity index (χ1v) is 9.22. The molecule has 1 aliphatic heterocycles. The maximum Gasteiger partial charge on any atom is 0.224 e. The number of hydrogen-bond donors (Lipinski definition) is 3. The number of nitrogens with one attached hydrogen (secondary N) is 2. The predicted octanol–water partition coefficient (Wildman–Crippen LogP) is 2.41. The van der Waals surface area contributed by atoms with Gasteiger partial charge in [-0.25, -0.2) is 4.98 Å². The first-order chi connectivity index (χ1) is 11.8. The quantitative estimate of drug-likeness (QED) is 0.680. The predicted molar refractivity (Wildman–Crippen MR) is 97.0 cm³/mol. The number of aromatic nitrogens is 2. The minimum Gasteiger partial charge on any atom is -0.395 e. The van der Waals surface area contributed by atoms with Gasteiger partial charge in [0.15, 0.2) is 0 Å². The maximum atomic E-state index is 9.00. The molecule has 6 nitrogen and oxygen atoms in total. The van der Waals surface area contributed by atoms with Gasteiger partial charge in [0.25, 0.3) is 0 Å². The Bertz CT molecular complexity index is 656. The molecule has 24 heavy (non-hydrogen) atoms. The standard InChI is InChI=1S/C17H24N4O2S/c1-12-4-9-24-15(12)2-5-18-16-10-14(13-3-8-23-11-13)20-17(21-16)19-6-7-22/h4,9-10,13,22H,2-3,5-8,11H2,1H3,(H2,18,19,20,21)/t13-/m1/s1. The zero-order valence-electron chi connectivity index (χ0n) is 13.9. The van der Waals surface area contributed by atoms with E-state index in [1.54, 1.807) is 11.3 Å². The highest BCUT2D eigenvalue weighted by molar-refractivity contribution is 7.10. The van der Waals surface area contributed by atoms with Gasteiger partial charge in [-0.3, -0.25) is 0 Å². The van der Waals surface area contributed by atoms with E-state index in [4.69, 9.17) is 9.84 Å². The van der Waals surface area contributed by atoms with Crippen LogP contribution in [0.4, 0.5) is 11.8 Å². The Labute approximate surface area is 146 Å². The van der Waals surface area contributed by atoms with E-state index in [-0.39, 0.29) is 6.61 Å². The minimum absolute atomic E-state index is 0.0561. The van der Waals surface area contributed by atoms with Gasteiger partial charge in [-0.1, -0.05) is 0 Å². The van der Waals surface area contributed by atoms with Crippen molar-refractivity contribution in [1.29, 1.82) is 0 Å². The average Bonchev–Trinajstić information content (AvgIpc) is 3.25. The molecular weight excluding hydrogens is 324 g/mol. The highest BCUT2D eigenvalue weighted by Gasteiger charge is 2.20. The Morgan fingerprint density at radius 2 is 2.25 bits per heavy atom. The molecule has 7 heteroatoms. The topological polar surface area (TPSA) is 79.3 Å². The number of aliphatic hydroxyl groups excluding tert-OH is 1. The van der Waals surface area contributed by atoms with Crippen molar-refractivity contribution in [2.45, 2.75) is 25.7 Å². The van der Waals surface area contributed by atoms with Crippen molar-refractivity contribution in [3.8, 4) is 0 Å². The number of anilines is 2. The van der Waals surface area contributed by atoms with E-state index in [2.05, 4.69) is 39.0 Å². The summed E-state index contributed by atoms with van der Waals surface area (Å²) < 4.78 is 5.48. The van der Waals surface area contributed by atoms with Crippen LogP contribution in [0.1, 0.15) is 28.5 Å². The zero-order chi connectivity index (χ0) is 16.8. The van der Waals surface area contributed by atoms with Crippen LogP contribution in [0.25, 0.3) is 0 Å². The molecule has 3 N–H and O–H groups in total. The van der Waals surface area contributed by atoms with E-state index in [0.717, 1.165) is 37.5 Å². The number of aryl methyl sites for hydroxylation is 1. The summed E-state index contributed by atoms with van der Waals surface area (Å²) in [5.74, 6) is 1.70. The third kappa shape index (κ3) is 4.43. The normalized spacial score (nSPS) is 17.2. The second-order valence-electron chi connectivity index (χ2n) is 5.92. The number of thiophene rings is 1. The summed E-state index contributed by atoms with van der Waals surface area (Å²) in [4.78, 5) is 10.5. The van der Waals surface area contributed by atoms with E-state index < -0.39 is 0 Å². The largest absolute Gasteiger partial charge is 0.395 e. The SMILES string of the molecule is Cc1ccsc1CCNc1cc([C@@H]2CCOC2)nc(NCCO)n1. The lowest BCUT2D eigenvalue weighted by molar-refractivity contribution is 0.193. The molecule has 1 atom stereocenters. The Morgan fingerprint density at radius 3 is 2.96 bits per heavy atom. The molecule has 3 heterocycles. The molecule has 1 fully saturated rings. The fraction of sp³-hybridized carbons (Fsp3) is 0.529. The fourth-order valence-electron chi connectivity index (χ4n) is 2.74. The number of aliphatic hydroxyl groups is 1. The van der Waals surface area contributed by atoms with E-state index >= 15 is 0 Å². The lowest BCUT2D eigenvalue weighted by atomic mass is 10.0. The van der Waals surface area contributed by atoms with Gasteiger partial charge in [0.1, 0.15) is 5.82 Å². The Kier molecular flexibility index (Phi) is 6.01. The van der Waals surface area contributed by atoms with Gasteiger partial charge in [0.05, 0.1) is 18.9 Å². The van der Waals surface area contributed by atoms with Crippen LogP contribution in [0.2, 0.25) is 0 Å². The van der Waals surface area contributed by atoms with Gasteiger partial charge in [-0.15, -0.1) is 11.3 Å². The van der Waals surface area contributed by atoms with Crippen molar-refractivity contribution in [2.24, 2.45) is 0 Å². The second-order valence-corrected chi connectivity index (χ2v) is 6.92. The highest BCUT2D eigenvalue weighted by atomic mass is 32.1. The van der Waals surface area contributed by atoms with E-state index in [9.17, 15) is 0 Å². The van der Waals surface area contributed by atoms with E-state index in [1.807, 2.05) is 6.07 Å². The van der Waals surface area contributed by atoms with Crippen LogP contribution in [0.15, 0.2) is 17.5 Å². The van der Waals surface area contributed by atoms with Gasteiger partial charge in [0, 0.05) is 36.6 Å². The van der Waals surface area contributed by atoms with Crippen LogP contribution in [0.3, 0.4) is 0 Å². The molecule has 3 rings (SSSR count). The van der Waals surface area contributed by atoms with Crippen LogP contribution < -0.4 is 10.6 Å². The van der Waals surface area contributed by atoms with Crippen molar-refractivity contribution >= 4 is 23.1 Å². The summed E-state index contributed by atoms with van der Waals surface area (Å²) in [5.41, 5.74) is 2.34. The van der Waals surface area contributed by atoms with E-state index in [0.29, 0.717) is 25.0 Å². The summed E-state index contributed by atoms with van der Waals surface area (Å²) in [5, 5.41) is 17.6. The molecule has 130 valence electrons. The van der Waals surface area contributed by atoms with Crippen molar-refractivity contribution in [3.63, 3.8) is 0 Å². The molecular formula is C17H24N4O2S. The van der Waals surface area contributed by atoms with Gasteiger partial charge < -0.3 is 20.5 Å². The Balaban J connectivity index is 1.67. The average molecular weight is 348 g/mol. The number of hydrogen-bond acceptors (Lipinski definition) is 7. The summed E-state index contributed by atoms with van der Waals surface area (Å²) >= 11 is 1.79. The molecule has 0 spiro atoms. The molecule has 1 aliphatic rings. The smallest absolute Gasteiger partial charge is 0.224 e. The van der Waals surface area contributed by atoms with Crippen LogP contribution in [0, 0.1) is 6.92 Å². The van der Waals surface area contributed by atoms with Gasteiger partial charge >= 0.3 is 0 Å². The molecule has 0 amide bonds.